The monoisotopic (exact) mass is 390 g/mol. The van der Waals surface area contributed by atoms with Gasteiger partial charge in [0.25, 0.3) is 0 Å². The Morgan fingerprint density at radius 1 is 1.04 bits per heavy atom. The summed E-state index contributed by atoms with van der Waals surface area (Å²) in [4.78, 5) is 24.0. The van der Waals surface area contributed by atoms with Crippen LogP contribution in [-0.4, -0.2) is 30.9 Å². The molecule has 0 saturated heterocycles. The molecule has 1 aromatic carbocycles. The van der Waals surface area contributed by atoms with E-state index in [0.717, 1.165) is 38.6 Å². The maximum Gasteiger partial charge on any atom is 0.335 e. The topological polar surface area (TPSA) is 55.4 Å². The van der Waals surface area contributed by atoms with Crippen LogP contribution in [-0.2, 0) is 20.5 Å². The molecule has 0 atom stereocenters. The number of unbranched alkanes of at least 4 members (excludes halogenated alkanes) is 6. The largest absolute Gasteiger partial charge is 0.423 e. The van der Waals surface area contributed by atoms with Crippen molar-refractivity contribution in [1.29, 1.82) is 0 Å². The van der Waals surface area contributed by atoms with Gasteiger partial charge in [-0.3, -0.25) is 4.79 Å². The van der Waals surface area contributed by atoms with Crippen LogP contribution in [0.25, 0.3) is 0 Å². The van der Waals surface area contributed by atoms with Gasteiger partial charge in [0.2, 0.25) is 5.91 Å². The lowest BCUT2D eigenvalue weighted by molar-refractivity contribution is -0.129. The predicted octanol–water partition coefficient (Wildman–Crippen LogP) is 4.42. The zero-order valence-corrected chi connectivity index (χ0v) is 17.4. The number of esters is 1. The highest BCUT2D eigenvalue weighted by Crippen LogP contribution is 2.16. The summed E-state index contributed by atoms with van der Waals surface area (Å²) < 4.78 is 5.30. The van der Waals surface area contributed by atoms with Gasteiger partial charge in [-0.25, -0.2) is 4.79 Å². The van der Waals surface area contributed by atoms with Crippen LogP contribution in [0.3, 0.4) is 0 Å². The first-order chi connectivity index (χ1) is 13.0. The minimum absolute atomic E-state index is 0.104. The highest BCUT2D eigenvalue weighted by atomic mass is 32.2. The Balaban J connectivity index is 2.04. The van der Waals surface area contributed by atoms with E-state index in [1.165, 1.54) is 29.9 Å². The second-order valence-corrected chi connectivity index (χ2v) is 8.62. The van der Waals surface area contributed by atoms with Crippen LogP contribution < -0.4 is 10.1 Å². The highest BCUT2D eigenvalue weighted by molar-refractivity contribution is 7.95. The molecule has 0 spiro atoms. The molecule has 0 heterocycles. The number of rotatable bonds is 13. The van der Waals surface area contributed by atoms with E-state index in [9.17, 15) is 9.59 Å². The molecule has 0 aliphatic carbocycles. The summed E-state index contributed by atoms with van der Waals surface area (Å²) in [5, 5.41) is 2.78. The first kappa shape index (κ1) is 23.0. The van der Waals surface area contributed by atoms with E-state index in [2.05, 4.69) is 24.4 Å². The standard InChI is InChI=1S/C22H31NO3S/c1-4-21(24)23-18-12-10-8-6-5-7-9-11-13-22(25)26-19-14-16-20(17-15-19)27(2)3/h4,11,13-17H,1,5-10,12,18H2,2-3H3/p+1. The molecule has 148 valence electrons. The molecule has 4 nitrogen and oxygen atoms in total. The van der Waals surface area contributed by atoms with Gasteiger partial charge in [0.15, 0.2) is 4.90 Å². The fraction of sp³-hybridized carbons (Fsp3) is 0.455. The third kappa shape index (κ3) is 11.3. The molecule has 1 amide bonds. The lowest BCUT2D eigenvalue weighted by Crippen LogP contribution is -2.21. The summed E-state index contributed by atoms with van der Waals surface area (Å²) in [5.41, 5.74) is 0. The van der Waals surface area contributed by atoms with Crippen molar-refractivity contribution in [2.24, 2.45) is 0 Å². The van der Waals surface area contributed by atoms with Crippen LogP contribution in [0.5, 0.6) is 5.75 Å². The zero-order valence-electron chi connectivity index (χ0n) is 16.5. The Morgan fingerprint density at radius 2 is 1.67 bits per heavy atom. The van der Waals surface area contributed by atoms with Crippen LogP contribution in [0.2, 0.25) is 0 Å². The SMILES string of the molecule is C=CC(=O)NCCCCCCCCC=CC(=O)Oc1ccc([S+](C)C)cc1. The fourth-order valence-corrected chi connectivity index (χ4v) is 3.17. The quantitative estimate of drug-likeness (QED) is 0.178. The third-order valence-corrected chi connectivity index (χ3v) is 5.26. The van der Waals surface area contributed by atoms with Gasteiger partial charge in [-0.05, 0) is 49.6 Å². The summed E-state index contributed by atoms with van der Waals surface area (Å²) in [6, 6.07) is 7.69. The average molecular weight is 391 g/mol. The van der Waals surface area contributed by atoms with E-state index < -0.39 is 0 Å². The van der Waals surface area contributed by atoms with Crippen LogP contribution in [0, 0.1) is 0 Å². The second kappa shape index (κ2) is 14.1. The van der Waals surface area contributed by atoms with Crippen molar-refractivity contribution < 1.29 is 14.3 Å². The van der Waals surface area contributed by atoms with E-state index >= 15 is 0 Å². The van der Waals surface area contributed by atoms with Gasteiger partial charge in [-0.1, -0.05) is 38.3 Å². The van der Waals surface area contributed by atoms with E-state index in [1.54, 1.807) is 0 Å². The first-order valence-corrected chi connectivity index (χ1v) is 11.5. The van der Waals surface area contributed by atoms with Gasteiger partial charge in [-0.15, -0.1) is 0 Å². The molecule has 1 rings (SSSR count). The third-order valence-electron chi connectivity index (χ3n) is 4.05. The minimum Gasteiger partial charge on any atom is -0.423 e. The Labute approximate surface area is 166 Å². The summed E-state index contributed by atoms with van der Waals surface area (Å²) >= 11 is 0. The number of allylic oxidation sites excluding steroid dienone is 1. The summed E-state index contributed by atoms with van der Waals surface area (Å²) in [7, 11) is 0.211. The van der Waals surface area contributed by atoms with Crippen molar-refractivity contribution in [3.05, 3.63) is 49.1 Å². The maximum atomic E-state index is 11.8. The molecule has 1 N–H and O–H groups in total. The van der Waals surface area contributed by atoms with Crippen LogP contribution >= 0.6 is 0 Å². The number of hydrogen-bond donors (Lipinski definition) is 1. The Morgan fingerprint density at radius 3 is 2.30 bits per heavy atom. The van der Waals surface area contributed by atoms with Crippen LogP contribution in [0.1, 0.15) is 44.9 Å². The Bertz CT molecular complexity index is 608. The first-order valence-electron chi connectivity index (χ1n) is 9.49. The molecule has 0 aliphatic rings. The molecule has 0 fully saturated rings. The number of carbonyl (C=O) groups excluding carboxylic acids is 2. The minimum atomic E-state index is -0.323. The van der Waals surface area contributed by atoms with Gasteiger partial charge in [0.1, 0.15) is 18.3 Å². The molecule has 0 saturated carbocycles. The highest BCUT2D eigenvalue weighted by Gasteiger charge is 2.08. The number of nitrogens with one attached hydrogen (secondary N) is 1. The van der Waals surface area contributed by atoms with E-state index in [0.29, 0.717) is 5.75 Å². The normalized spacial score (nSPS) is 10.9. The molecule has 0 bridgehead atoms. The summed E-state index contributed by atoms with van der Waals surface area (Å²) in [5.74, 6) is 0.160. The van der Waals surface area contributed by atoms with E-state index in [4.69, 9.17) is 4.74 Å². The van der Waals surface area contributed by atoms with Crippen molar-refractivity contribution in [2.45, 2.75) is 49.8 Å². The van der Waals surface area contributed by atoms with E-state index in [-0.39, 0.29) is 22.8 Å². The second-order valence-electron chi connectivity index (χ2n) is 6.52. The average Bonchev–Trinajstić information content (AvgIpc) is 2.66. The van der Waals surface area contributed by atoms with Crippen molar-refractivity contribution in [2.75, 3.05) is 19.1 Å². The van der Waals surface area contributed by atoms with E-state index in [1.807, 2.05) is 30.3 Å². The van der Waals surface area contributed by atoms with Gasteiger partial charge in [0.05, 0.1) is 0 Å². The summed E-state index contributed by atoms with van der Waals surface area (Å²) in [6.45, 7) is 4.14. The number of benzene rings is 1. The maximum absolute atomic E-state index is 11.8. The van der Waals surface area contributed by atoms with Crippen LogP contribution in [0.4, 0.5) is 0 Å². The molecule has 0 radical (unpaired) electrons. The molecule has 27 heavy (non-hydrogen) atoms. The zero-order chi connectivity index (χ0) is 19.9. The van der Waals surface area contributed by atoms with Crippen molar-refractivity contribution in [3.8, 4) is 5.75 Å². The van der Waals surface area contributed by atoms with Crippen molar-refractivity contribution in [1.82, 2.24) is 5.32 Å². The predicted molar refractivity (Wildman–Crippen MR) is 114 cm³/mol. The Kier molecular flexibility index (Phi) is 12.0. The van der Waals surface area contributed by atoms with Gasteiger partial charge < -0.3 is 10.1 Å². The number of amides is 1. The molecular formula is C22H32NO3S+. The molecular weight excluding hydrogens is 358 g/mol. The number of hydrogen-bond acceptors (Lipinski definition) is 3. The molecule has 0 aliphatic heterocycles. The summed E-state index contributed by atoms with van der Waals surface area (Å²) in [6.07, 6.45) is 16.6. The lowest BCUT2D eigenvalue weighted by atomic mass is 10.1. The molecule has 5 heteroatoms. The molecule has 0 unspecified atom stereocenters. The van der Waals surface area contributed by atoms with Crippen molar-refractivity contribution in [3.63, 3.8) is 0 Å². The van der Waals surface area contributed by atoms with Gasteiger partial charge in [-0.2, -0.15) is 0 Å². The smallest absolute Gasteiger partial charge is 0.335 e. The van der Waals surface area contributed by atoms with Crippen LogP contribution in [0.15, 0.2) is 54.0 Å². The molecule has 1 aromatic rings. The number of ether oxygens (including phenoxy) is 1. The van der Waals surface area contributed by atoms with Gasteiger partial charge >= 0.3 is 5.97 Å². The molecule has 0 aromatic heterocycles. The number of carbonyl (C=O) groups is 2. The Hall–Kier alpha value is -2.01. The fourth-order valence-electron chi connectivity index (χ4n) is 2.49. The lowest BCUT2D eigenvalue weighted by Gasteiger charge is -2.03. The van der Waals surface area contributed by atoms with Crippen molar-refractivity contribution >= 4 is 22.8 Å². The van der Waals surface area contributed by atoms with Gasteiger partial charge in [0, 0.05) is 23.5 Å².